The summed E-state index contributed by atoms with van der Waals surface area (Å²) in [6.45, 7) is 0. The second-order valence-electron chi connectivity index (χ2n) is 2.93. The van der Waals surface area contributed by atoms with Gasteiger partial charge >= 0.3 is 17.9 Å². The number of carbonyl (C=O) groups is 3. The normalized spacial score (nSPS) is 14.4. The van der Waals surface area contributed by atoms with E-state index in [0.29, 0.717) is 0 Å². The van der Waals surface area contributed by atoms with Crippen LogP contribution in [0.2, 0.25) is 0 Å². The summed E-state index contributed by atoms with van der Waals surface area (Å²) < 4.78 is 0. The molecule has 80 valence electrons. The highest BCUT2D eigenvalue weighted by molar-refractivity contribution is 5.85. The van der Waals surface area contributed by atoms with Gasteiger partial charge in [-0.05, 0) is 6.42 Å². The van der Waals surface area contributed by atoms with Gasteiger partial charge in [-0.3, -0.25) is 14.4 Å². The van der Waals surface area contributed by atoms with Crippen molar-refractivity contribution in [1.82, 2.24) is 0 Å². The molecule has 0 aromatic carbocycles. The molecule has 0 saturated carbocycles. The zero-order valence-corrected chi connectivity index (χ0v) is 7.27. The van der Waals surface area contributed by atoms with Gasteiger partial charge in [-0.15, -0.1) is 0 Å². The van der Waals surface area contributed by atoms with Crippen LogP contribution in [0.5, 0.6) is 0 Å². The summed E-state index contributed by atoms with van der Waals surface area (Å²) in [4.78, 5) is 31.0. The first-order valence-corrected chi connectivity index (χ1v) is 3.74. The first-order valence-electron chi connectivity index (χ1n) is 3.74. The predicted molar refractivity (Wildman–Crippen MR) is 43.7 cm³/mol. The summed E-state index contributed by atoms with van der Waals surface area (Å²) in [7, 11) is 0. The molecule has 7 heteroatoms. The molecule has 0 aromatic heterocycles. The molecule has 14 heavy (non-hydrogen) atoms. The molecular weight excluding hydrogens is 194 g/mol. The van der Waals surface area contributed by atoms with Gasteiger partial charge in [0.05, 0.1) is 6.42 Å². The number of nitrogens with two attached hydrogens (primary N) is 1. The van der Waals surface area contributed by atoms with E-state index in [1.165, 1.54) is 0 Å². The Hall–Kier alpha value is -1.63. The van der Waals surface area contributed by atoms with Crippen molar-refractivity contribution in [2.24, 2.45) is 5.73 Å². The lowest BCUT2D eigenvalue weighted by Gasteiger charge is -2.21. The van der Waals surface area contributed by atoms with Gasteiger partial charge < -0.3 is 21.1 Å². The van der Waals surface area contributed by atoms with Crippen LogP contribution in [-0.2, 0) is 14.4 Å². The first-order chi connectivity index (χ1) is 6.28. The maximum atomic E-state index is 10.6. The van der Waals surface area contributed by atoms with E-state index < -0.39 is 42.7 Å². The average molecular weight is 205 g/mol. The largest absolute Gasteiger partial charge is 0.481 e. The summed E-state index contributed by atoms with van der Waals surface area (Å²) in [5.74, 6) is -4.10. The van der Waals surface area contributed by atoms with Crippen molar-refractivity contribution in [1.29, 1.82) is 0 Å². The van der Waals surface area contributed by atoms with Gasteiger partial charge in [0.1, 0.15) is 5.54 Å². The van der Waals surface area contributed by atoms with E-state index in [1.54, 1.807) is 0 Å². The van der Waals surface area contributed by atoms with Crippen molar-refractivity contribution in [2.45, 2.75) is 24.8 Å². The maximum absolute atomic E-state index is 10.6. The molecule has 1 unspecified atom stereocenters. The van der Waals surface area contributed by atoms with Gasteiger partial charge in [0.25, 0.3) is 0 Å². The zero-order valence-electron chi connectivity index (χ0n) is 7.27. The minimum absolute atomic E-state index is 0.413. The lowest BCUT2D eigenvalue weighted by atomic mass is 9.91. The molecule has 0 fully saturated rings. The third-order valence-corrected chi connectivity index (χ3v) is 1.68. The highest BCUT2D eigenvalue weighted by Gasteiger charge is 2.36. The van der Waals surface area contributed by atoms with Gasteiger partial charge in [0.2, 0.25) is 0 Å². The monoisotopic (exact) mass is 205 g/mol. The van der Waals surface area contributed by atoms with E-state index in [0.717, 1.165) is 0 Å². The summed E-state index contributed by atoms with van der Waals surface area (Å²) in [5, 5.41) is 25.3. The molecule has 0 aliphatic carbocycles. The van der Waals surface area contributed by atoms with Crippen LogP contribution in [0.1, 0.15) is 19.3 Å². The molecule has 0 spiro atoms. The summed E-state index contributed by atoms with van der Waals surface area (Å²) in [5.41, 5.74) is 3.24. The number of aliphatic carboxylic acids is 3. The molecule has 0 saturated heterocycles. The quantitative estimate of drug-likeness (QED) is 0.441. The van der Waals surface area contributed by atoms with Crippen LogP contribution in [0.3, 0.4) is 0 Å². The van der Waals surface area contributed by atoms with Gasteiger partial charge in [0, 0.05) is 6.42 Å². The van der Waals surface area contributed by atoms with E-state index in [4.69, 9.17) is 21.1 Å². The molecule has 0 aromatic rings. The fourth-order valence-corrected chi connectivity index (χ4v) is 0.871. The molecule has 0 aliphatic heterocycles. The smallest absolute Gasteiger partial charge is 0.324 e. The maximum Gasteiger partial charge on any atom is 0.324 e. The van der Waals surface area contributed by atoms with Crippen LogP contribution in [0.4, 0.5) is 0 Å². The Morgan fingerprint density at radius 2 is 1.57 bits per heavy atom. The highest BCUT2D eigenvalue weighted by Crippen LogP contribution is 2.14. The molecule has 0 radical (unpaired) electrons. The Morgan fingerprint density at radius 3 is 1.86 bits per heavy atom. The first kappa shape index (κ1) is 12.4. The molecule has 0 heterocycles. The Balaban J connectivity index is 4.47. The SMILES string of the molecule is NC(CCC(=O)O)(CC(=O)O)C(=O)O. The third-order valence-electron chi connectivity index (χ3n) is 1.68. The van der Waals surface area contributed by atoms with Crippen molar-refractivity contribution < 1.29 is 29.7 Å². The van der Waals surface area contributed by atoms with E-state index >= 15 is 0 Å². The molecule has 5 N–H and O–H groups in total. The van der Waals surface area contributed by atoms with E-state index in [9.17, 15) is 14.4 Å². The molecule has 1 atom stereocenters. The molecule has 0 aliphatic rings. The van der Waals surface area contributed by atoms with Crippen LogP contribution in [0.15, 0.2) is 0 Å². The Morgan fingerprint density at radius 1 is 1.07 bits per heavy atom. The Kier molecular flexibility index (Phi) is 4.03. The lowest BCUT2D eigenvalue weighted by Crippen LogP contribution is -2.49. The van der Waals surface area contributed by atoms with E-state index in [-0.39, 0.29) is 0 Å². The molecule has 0 rings (SSSR count). The Bertz CT molecular complexity index is 263. The van der Waals surface area contributed by atoms with Crippen molar-refractivity contribution in [2.75, 3.05) is 0 Å². The predicted octanol–water partition coefficient (Wildman–Crippen LogP) is -0.892. The highest BCUT2D eigenvalue weighted by atomic mass is 16.4. The fourth-order valence-electron chi connectivity index (χ4n) is 0.871. The standard InChI is InChI=1S/C7H11NO6/c8-7(6(13)14,3-5(11)12)2-1-4(9)10/h1-3,8H2,(H,9,10)(H,11,12)(H,13,14). The van der Waals surface area contributed by atoms with Crippen molar-refractivity contribution in [3.05, 3.63) is 0 Å². The van der Waals surface area contributed by atoms with Crippen molar-refractivity contribution in [3.8, 4) is 0 Å². The number of hydrogen-bond acceptors (Lipinski definition) is 4. The average Bonchev–Trinajstić information content (AvgIpc) is 1.99. The Labute approximate surface area is 79.1 Å². The van der Waals surface area contributed by atoms with E-state index in [2.05, 4.69) is 0 Å². The van der Waals surface area contributed by atoms with Crippen molar-refractivity contribution in [3.63, 3.8) is 0 Å². The number of carboxylic acids is 3. The summed E-state index contributed by atoms with van der Waals surface area (Å²) in [6, 6.07) is 0. The molecule has 7 nitrogen and oxygen atoms in total. The molecule has 0 amide bonds. The number of rotatable bonds is 6. The second-order valence-corrected chi connectivity index (χ2v) is 2.93. The second kappa shape index (κ2) is 4.56. The van der Waals surface area contributed by atoms with Crippen LogP contribution < -0.4 is 5.73 Å². The van der Waals surface area contributed by atoms with Gasteiger partial charge in [-0.25, -0.2) is 0 Å². The van der Waals surface area contributed by atoms with Crippen LogP contribution in [-0.4, -0.2) is 38.8 Å². The third kappa shape index (κ3) is 3.85. The zero-order chi connectivity index (χ0) is 11.4. The molecular formula is C7H11NO6. The van der Waals surface area contributed by atoms with Crippen molar-refractivity contribution >= 4 is 17.9 Å². The van der Waals surface area contributed by atoms with Crippen LogP contribution in [0, 0.1) is 0 Å². The van der Waals surface area contributed by atoms with Gasteiger partial charge in [0.15, 0.2) is 0 Å². The van der Waals surface area contributed by atoms with Gasteiger partial charge in [-0.1, -0.05) is 0 Å². The van der Waals surface area contributed by atoms with Gasteiger partial charge in [-0.2, -0.15) is 0 Å². The number of hydrogen-bond donors (Lipinski definition) is 4. The lowest BCUT2D eigenvalue weighted by molar-refractivity contribution is -0.151. The van der Waals surface area contributed by atoms with E-state index in [1.807, 2.05) is 0 Å². The summed E-state index contributed by atoms with van der Waals surface area (Å²) in [6.07, 6.45) is -1.68. The minimum Gasteiger partial charge on any atom is -0.481 e. The molecule has 0 bridgehead atoms. The fraction of sp³-hybridized carbons (Fsp3) is 0.571. The van der Waals surface area contributed by atoms with Crippen LogP contribution >= 0.6 is 0 Å². The minimum atomic E-state index is -2.01. The van der Waals surface area contributed by atoms with Crippen LogP contribution in [0.25, 0.3) is 0 Å². The number of carboxylic acid groups (broad SMARTS) is 3. The summed E-state index contributed by atoms with van der Waals surface area (Å²) >= 11 is 0. The topological polar surface area (TPSA) is 138 Å².